The summed E-state index contributed by atoms with van der Waals surface area (Å²) < 4.78 is 17.1. The molecule has 0 saturated heterocycles. The molecule has 3 rings (SSSR count). The lowest BCUT2D eigenvalue weighted by atomic mass is 9.95. The number of rotatable bonds is 5. The highest BCUT2D eigenvalue weighted by Crippen LogP contribution is 2.34. The highest BCUT2D eigenvalue weighted by atomic mass is 16.5. The number of ether oxygens (including phenoxy) is 3. The third-order valence-electron chi connectivity index (χ3n) is 3.87. The number of methoxy groups -OCH3 is 2. The molecular formula is C21H20O3. The van der Waals surface area contributed by atoms with Crippen LogP contribution in [0.1, 0.15) is 11.1 Å². The van der Waals surface area contributed by atoms with Gasteiger partial charge in [-0.2, -0.15) is 0 Å². The molecule has 1 aliphatic heterocycles. The molecule has 1 heterocycles. The summed E-state index contributed by atoms with van der Waals surface area (Å²) in [5.74, 6) is 1.49. The van der Waals surface area contributed by atoms with Gasteiger partial charge in [0.1, 0.15) is 11.5 Å². The average Bonchev–Trinajstić information content (AvgIpc) is 2.67. The van der Waals surface area contributed by atoms with Crippen LogP contribution in [-0.2, 0) is 14.2 Å². The predicted molar refractivity (Wildman–Crippen MR) is 95.8 cm³/mol. The second-order valence-corrected chi connectivity index (χ2v) is 5.33. The summed E-state index contributed by atoms with van der Waals surface area (Å²) in [6, 6.07) is 20.1. The van der Waals surface area contributed by atoms with Gasteiger partial charge in [-0.05, 0) is 17.2 Å². The van der Waals surface area contributed by atoms with E-state index < -0.39 is 0 Å². The van der Waals surface area contributed by atoms with Gasteiger partial charge in [-0.3, -0.25) is 0 Å². The van der Waals surface area contributed by atoms with Gasteiger partial charge >= 0.3 is 0 Å². The summed E-state index contributed by atoms with van der Waals surface area (Å²) in [6.07, 6.45) is 5.10. The molecule has 0 bridgehead atoms. The van der Waals surface area contributed by atoms with E-state index in [-0.39, 0.29) is 6.10 Å². The third-order valence-corrected chi connectivity index (χ3v) is 3.87. The summed E-state index contributed by atoms with van der Waals surface area (Å²) in [6.45, 7) is 0. The van der Waals surface area contributed by atoms with Crippen molar-refractivity contribution in [1.82, 2.24) is 0 Å². The van der Waals surface area contributed by atoms with Crippen molar-refractivity contribution in [2.75, 3.05) is 14.2 Å². The Labute approximate surface area is 142 Å². The Morgan fingerprint density at radius 1 is 0.958 bits per heavy atom. The minimum absolute atomic E-state index is 0.363. The number of allylic oxidation sites excluding steroid dienone is 1. The second kappa shape index (κ2) is 7.55. The van der Waals surface area contributed by atoms with E-state index >= 15 is 0 Å². The Morgan fingerprint density at radius 3 is 2.25 bits per heavy atom. The van der Waals surface area contributed by atoms with Crippen molar-refractivity contribution in [3.8, 4) is 0 Å². The molecule has 0 aliphatic carbocycles. The largest absolute Gasteiger partial charge is 0.497 e. The van der Waals surface area contributed by atoms with Gasteiger partial charge in [0.05, 0.1) is 20.5 Å². The van der Waals surface area contributed by atoms with Gasteiger partial charge in [0.15, 0.2) is 6.10 Å². The van der Waals surface area contributed by atoms with E-state index in [0.29, 0.717) is 0 Å². The SMILES string of the molecule is COC(=Cc1ccccc1)C1OC=CC(OC)=C1c1ccccc1. The van der Waals surface area contributed by atoms with Crippen molar-refractivity contribution in [2.24, 2.45) is 0 Å². The molecule has 1 aliphatic rings. The Hall–Kier alpha value is -2.94. The molecule has 0 spiro atoms. The van der Waals surface area contributed by atoms with Gasteiger partial charge in [-0.1, -0.05) is 60.7 Å². The molecule has 2 aromatic rings. The Morgan fingerprint density at radius 2 is 1.62 bits per heavy atom. The van der Waals surface area contributed by atoms with E-state index in [0.717, 1.165) is 28.2 Å². The predicted octanol–water partition coefficient (Wildman–Crippen LogP) is 4.64. The van der Waals surface area contributed by atoms with E-state index in [1.807, 2.05) is 72.8 Å². The zero-order valence-corrected chi connectivity index (χ0v) is 13.8. The molecule has 0 saturated carbocycles. The first-order valence-corrected chi connectivity index (χ1v) is 7.79. The van der Waals surface area contributed by atoms with E-state index in [1.54, 1.807) is 20.5 Å². The zero-order chi connectivity index (χ0) is 16.8. The fourth-order valence-corrected chi connectivity index (χ4v) is 2.72. The van der Waals surface area contributed by atoms with Crippen LogP contribution >= 0.6 is 0 Å². The van der Waals surface area contributed by atoms with E-state index in [9.17, 15) is 0 Å². The van der Waals surface area contributed by atoms with E-state index in [1.165, 1.54) is 0 Å². The van der Waals surface area contributed by atoms with Crippen molar-refractivity contribution in [3.63, 3.8) is 0 Å². The van der Waals surface area contributed by atoms with Gasteiger partial charge in [-0.25, -0.2) is 0 Å². The first-order valence-electron chi connectivity index (χ1n) is 7.79. The summed E-state index contributed by atoms with van der Waals surface area (Å²) in [4.78, 5) is 0. The van der Waals surface area contributed by atoms with Crippen molar-refractivity contribution in [2.45, 2.75) is 6.10 Å². The fraction of sp³-hybridized carbons (Fsp3) is 0.143. The van der Waals surface area contributed by atoms with Crippen LogP contribution in [0.3, 0.4) is 0 Å². The van der Waals surface area contributed by atoms with Gasteiger partial charge in [0.2, 0.25) is 0 Å². The molecule has 3 nitrogen and oxygen atoms in total. The van der Waals surface area contributed by atoms with Gasteiger partial charge < -0.3 is 14.2 Å². The standard InChI is InChI=1S/C21H20O3/c1-22-18-13-14-24-21(20(18)17-11-7-4-8-12-17)19(23-2)15-16-9-5-3-6-10-16/h3-15,21H,1-2H3. The topological polar surface area (TPSA) is 27.7 Å². The summed E-state index contributed by atoms with van der Waals surface area (Å²) in [7, 11) is 3.32. The lowest BCUT2D eigenvalue weighted by Gasteiger charge is -2.26. The van der Waals surface area contributed by atoms with Crippen LogP contribution in [0.5, 0.6) is 0 Å². The molecule has 0 amide bonds. The van der Waals surface area contributed by atoms with Crippen LogP contribution in [0.4, 0.5) is 0 Å². The highest BCUT2D eigenvalue weighted by Gasteiger charge is 2.28. The number of benzene rings is 2. The van der Waals surface area contributed by atoms with Crippen LogP contribution in [0.15, 0.2) is 84.5 Å². The molecule has 1 atom stereocenters. The molecule has 3 heteroatoms. The molecule has 24 heavy (non-hydrogen) atoms. The maximum absolute atomic E-state index is 5.89. The minimum Gasteiger partial charge on any atom is -0.497 e. The van der Waals surface area contributed by atoms with Crippen LogP contribution in [0.25, 0.3) is 11.6 Å². The summed E-state index contributed by atoms with van der Waals surface area (Å²) in [5, 5.41) is 0. The highest BCUT2D eigenvalue weighted by molar-refractivity contribution is 5.77. The average molecular weight is 320 g/mol. The first-order chi connectivity index (χ1) is 11.8. The maximum atomic E-state index is 5.89. The summed E-state index contributed by atoms with van der Waals surface area (Å²) >= 11 is 0. The van der Waals surface area contributed by atoms with Crippen molar-refractivity contribution in [3.05, 3.63) is 95.6 Å². The monoisotopic (exact) mass is 320 g/mol. The van der Waals surface area contributed by atoms with Crippen LogP contribution in [0.2, 0.25) is 0 Å². The van der Waals surface area contributed by atoms with Gasteiger partial charge in [0, 0.05) is 11.6 Å². The Bertz CT molecular complexity index is 758. The van der Waals surface area contributed by atoms with Crippen LogP contribution in [0, 0.1) is 0 Å². The van der Waals surface area contributed by atoms with Gasteiger partial charge in [0.25, 0.3) is 0 Å². The molecule has 0 aromatic heterocycles. The number of hydrogen-bond acceptors (Lipinski definition) is 3. The molecule has 0 radical (unpaired) electrons. The van der Waals surface area contributed by atoms with E-state index in [4.69, 9.17) is 14.2 Å². The summed E-state index contributed by atoms with van der Waals surface area (Å²) in [5.41, 5.74) is 3.04. The van der Waals surface area contributed by atoms with Crippen molar-refractivity contribution < 1.29 is 14.2 Å². The Kier molecular flexibility index (Phi) is 5.02. The third kappa shape index (κ3) is 3.35. The zero-order valence-electron chi connectivity index (χ0n) is 13.8. The first kappa shape index (κ1) is 15.9. The molecular weight excluding hydrogens is 300 g/mol. The van der Waals surface area contributed by atoms with Crippen molar-refractivity contribution >= 4 is 11.6 Å². The fourth-order valence-electron chi connectivity index (χ4n) is 2.72. The second-order valence-electron chi connectivity index (χ2n) is 5.33. The Balaban J connectivity index is 2.06. The van der Waals surface area contributed by atoms with Crippen LogP contribution in [-0.4, -0.2) is 20.3 Å². The molecule has 0 fully saturated rings. The minimum atomic E-state index is -0.363. The molecule has 122 valence electrons. The van der Waals surface area contributed by atoms with Crippen LogP contribution < -0.4 is 0 Å². The van der Waals surface area contributed by atoms with E-state index in [2.05, 4.69) is 0 Å². The molecule has 2 aromatic carbocycles. The lowest BCUT2D eigenvalue weighted by molar-refractivity contribution is 0.141. The molecule has 0 N–H and O–H groups in total. The van der Waals surface area contributed by atoms with Crippen molar-refractivity contribution in [1.29, 1.82) is 0 Å². The number of hydrogen-bond donors (Lipinski definition) is 0. The molecule has 1 unspecified atom stereocenters. The lowest BCUT2D eigenvalue weighted by Crippen LogP contribution is -2.21. The quantitative estimate of drug-likeness (QED) is 0.751. The smallest absolute Gasteiger partial charge is 0.184 e. The normalized spacial score (nSPS) is 17.4. The van der Waals surface area contributed by atoms with Gasteiger partial charge in [-0.15, -0.1) is 0 Å². The maximum Gasteiger partial charge on any atom is 0.184 e.